The summed E-state index contributed by atoms with van der Waals surface area (Å²) in [6.07, 6.45) is 1.63. The van der Waals surface area contributed by atoms with E-state index in [1.165, 1.54) is 7.11 Å². The zero-order valence-corrected chi connectivity index (χ0v) is 17.1. The number of nitrogens with one attached hydrogen (secondary N) is 1. The standard InChI is InChI=1S/C22H19ClN2O5/c1-13-20(22(28)29-2)21(27)18(24-13)10-14-6-8-17(9-7-14)30-12-19(26)25-16-5-3-4-15(23)11-16/h3-11,27H,12H2,1-2H3,(H,25,26)/b18-10-. The zero-order valence-electron chi connectivity index (χ0n) is 16.3. The predicted octanol–water partition coefficient (Wildman–Crippen LogP) is 4.16. The van der Waals surface area contributed by atoms with Crippen LogP contribution in [-0.4, -0.2) is 36.4 Å². The minimum atomic E-state index is -0.642. The number of carbonyl (C=O) groups excluding carboxylic acids is 2. The summed E-state index contributed by atoms with van der Waals surface area (Å²) in [7, 11) is 1.24. The SMILES string of the molecule is COC(=O)C1=C(O)/C(=C/c2ccc(OCC(=O)Nc3cccc(Cl)c3)cc2)N=C1C. The van der Waals surface area contributed by atoms with Gasteiger partial charge in [0.15, 0.2) is 12.4 Å². The molecule has 1 aliphatic rings. The highest BCUT2D eigenvalue weighted by Crippen LogP contribution is 2.26. The highest BCUT2D eigenvalue weighted by atomic mass is 35.5. The van der Waals surface area contributed by atoms with Crippen LogP contribution in [0.4, 0.5) is 5.69 Å². The summed E-state index contributed by atoms with van der Waals surface area (Å²) in [5.74, 6) is -0.682. The van der Waals surface area contributed by atoms with E-state index < -0.39 is 5.97 Å². The molecule has 0 aromatic heterocycles. The average molecular weight is 427 g/mol. The van der Waals surface area contributed by atoms with Crippen molar-refractivity contribution >= 4 is 41.0 Å². The van der Waals surface area contributed by atoms with Gasteiger partial charge in [-0.2, -0.15) is 0 Å². The van der Waals surface area contributed by atoms with E-state index in [4.69, 9.17) is 16.3 Å². The first kappa shape index (κ1) is 21.1. The molecule has 0 saturated carbocycles. The largest absolute Gasteiger partial charge is 0.505 e. The van der Waals surface area contributed by atoms with Crippen LogP contribution in [0.25, 0.3) is 6.08 Å². The number of anilines is 1. The summed E-state index contributed by atoms with van der Waals surface area (Å²) in [4.78, 5) is 27.9. The first-order valence-corrected chi connectivity index (χ1v) is 9.32. The van der Waals surface area contributed by atoms with Gasteiger partial charge in [0.2, 0.25) is 0 Å². The van der Waals surface area contributed by atoms with E-state index in [2.05, 4.69) is 15.0 Å². The molecule has 0 fully saturated rings. The molecule has 7 nitrogen and oxygen atoms in total. The fraction of sp³-hybridized carbons (Fsp3) is 0.136. The third-order valence-corrected chi connectivity index (χ3v) is 4.42. The van der Waals surface area contributed by atoms with Crippen LogP contribution in [-0.2, 0) is 14.3 Å². The van der Waals surface area contributed by atoms with Crippen LogP contribution in [0.2, 0.25) is 5.02 Å². The Morgan fingerprint density at radius 1 is 1.20 bits per heavy atom. The van der Waals surface area contributed by atoms with Gasteiger partial charge in [-0.05, 0) is 48.9 Å². The molecule has 0 atom stereocenters. The first-order valence-electron chi connectivity index (χ1n) is 8.95. The van der Waals surface area contributed by atoms with Crippen molar-refractivity contribution in [2.45, 2.75) is 6.92 Å². The number of ether oxygens (including phenoxy) is 2. The number of aliphatic imine (C=N–C) groups is 1. The van der Waals surface area contributed by atoms with Gasteiger partial charge in [-0.25, -0.2) is 9.79 Å². The molecule has 8 heteroatoms. The van der Waals surface area contributed by atoms with Crippen molar-refractivity contribution < 1.29 is 24.2 Å². The maximum absolute atomic E-state index is 12.0. The van der Waals surface area contributed by atoms with E-state index >= 15 is 0 Å². The fourth-order valence-electron chi connectivity index (χ4n) is 2.77. The quantitative estimate of drug-likeness (QED) is 0.676. The van der Waals surface area contributed by atoms with E-state index in [0.29, 0.717) is 22.2 Å². The number of carbonyl (C=O) groups is 2. The second kappa shape index (κ2) is 9.28. The van der Waals surface area contributed by atoms with Crippen molar-refractivity contribution in [3.8, 4) is 5.75 Å². The summed E-state index contributed by atoms with van der Waals surface area (Å²) in [6, 6.07) is 13.7. The van der Waals surface area contributed by atoms with Crippen molar-refractivity contribution in [1.82, 2.24) is 0 Å². The van der Waals surface area contributed by atoms with Crippen molar-refractivity contribution in [1.29, 1.82) is 0 Å². The number of rotatable bonds is 6. The third-order valence-electron chi connectivity index (χ3n) is 4.18. The van der Waals surface area contributed by atoms with Gasteiger partial charge < -0.3 is 19.9 Å². The lowest BCUT2D eigenvalue weighted by Gasteiger charge is -2.08. The lowest BCUT2D eigenvalue weighted by atomic mass is 10.1. The molecule has 3 rings (SSSR count). The fourth-order valence-corrected chi connectivity index (χ4v) is 2.96. The normalized spacial score (nSPS) is 14.5. The predicted molar refractivity (Wildman–Crippen MR) is 115 cm³/mol. The molecule has 2 aromatic carbocycles. The van der Waals surface area contributed by atoms with E-state index in [1.54, 1.807) is 61.5 Å². The number of amides is 1. The second-order valence-corrected chi connectivity index (χ2v) is 6.79. The molecule has 2 N–H and O–H groups in total. The molecule has 0 bridgehead atoms. The zero-order chi connectivity index (χ0) is 21.7. The maximum Gasteiger partial charge on any atom is 0.343 e. The van der Waals surface area contributed by atoms with Crippen molar-refractivity contribution in [3.05, 3.63) is 76.1 Å². The third kappa shape index (κ3) is 5.07. The highest BCUT2D eigenvalue weighted by molar-refractivity contribution is 6.30. The number of nitrogens with zero attached hydrogens (tertiary/aromatic N) is 1. The van der Waals surface area contributed by atoms with E-state index in [-0.39, 0.29) is 29.5 Å². The van der Waals surface area contributed by atoms with Crippen molar-refractivity contribution in [3.63, 3.8) is 0 Å². The number of benzene rings is 2. The molecule has 0 saturated heterocycles. The highest BCUT2D eigenvalue weighted by Gasteiger charge is 2.27. The lowest BCUT2D eigenvalue weighted by molar-refractivity contribution is -0.135. The Labute approximate surface area is 178 Å². The van der Waals surface area contributed by atoms with Gasteiger partial charge in [0, 0.05) is 10.7 Å². The van der Waals surface area contributed by atoms with Crippen LogP contribution >= 0.6 is 11.6 Å². The van der Waals surface area contributed by atoms with Crippen LogP contribution in [0, 0.1) is 0 Å². The van der Waals surface area contributed by atoms with Crippen LogP contribution < -0.4 is 10.1 Å². The van der Waals surface area contributed by atoms with Gasteiger partial charge >= 0.3 is 5.97 Å². The Bertz CT molecular complexity index is 1070. The molecular formula is C22H19ClN2O5. The van der Waals surface area contributed by atoms with Crippen molar-refractivity contribution in [2.24, 2.45) is 4.99 Å². The smallest absolute Gasteiger partial charge is 0.343 e. The van der Waals surface area contributed by atoms with Crippen LogP contribution in [0.15, 0.2) is 70.6 Å². The molecule has 1 aliphatic heterocycles. The molecule has 0 spiro atoms. The summed E-state index contributed by atoms with van der Waals surface area (Å²) < 4.78 is 10.1. The van der Waals surface area contributed by atoms with Gasteiger partial charge in [0.1, 0.15) is 17.0 Å². The van der Waals surface area contributed by atoms with Gasteiger partial charge in [-0.15, -0.1) is 0 Å². The molecular weight excluding hydrogens is 408 g/mol. The molecule has 0 radical (unpaired) electrons. The van der Waals surface area contributed by atoms with Gasteiger partial charge in [0.25, 0.3) is 5.91 Å². The Balaban J connectivity index is 1.62. The number of halogens is 1. The monoisotopic (exact) mass is 426 g/mol. The Morgan fingerprint density at radius 2 is 1.93 bits per heavy atom. The first-order chi connectivity index (χ1) is 14.4. The average Bonchev–Trinajstić information content (AvgIpc) is 3.00. The number of hydrogen-bond acceptors (Lipinski definition) is 6. The molecule has 0 aliphatic carbocycles. The Kier molecular flexibility index (Phi) is 6.54. The Hall–Kier alpha value is -3.58. The molecule has 154 valence electrons. The van der Waals surface area contributed by atoms with Crippen LogP contribution in [0.5, 0.6) is 5.75 Å². The second-order valence-electron chi connectivity index (χ2n) is 6.36. The molecule has 0 unspecified atom stereocenters. The topological polar surface area (TPSA) is 97.2 Å². The maximum atomic E-state index is 12.0. The van der Waals surface area contributed by atoms with E-state index in [0.717, 1.165) is 5.56 Å². The van der Waals surface area contributed by atoms with Crippen molar-refractivity contribution in [2.75, 3.05) is 19.0 Å². The summed E-state index contributed by atoms with van der Waals surface area (Å²) in [6.45, 7) is 1.46. The molecule has 30 heavy (non-hydrogen) atoms. The minimum Gasteiger partial charge on any atom is -0.505 e. The van der Waals surface area contributed by atoms with Crippen LogP contribution in [0.3, 0.4) is 0 Å². The van der Waals surface area contributed by atoms with Gasteiger partial charge in [-0.1, -0.05) is 29.8 Å². The molecule has 2 aromatic rings. The van der Waals surface area contributed by atoms with E-state index in [9.17, 15) is 14.7 Å². The summed E-state index contributed by atoms with van der Waals surface area (Å²) in [5, 5.41) is 13.5. The van der Waals surface area contributed by atoms with Gasteiger partial charge in [-0.3, -0.25) is 4.79 Å². The number of aliphatic hydroxyl groups excluding tert-OH is 1. The number of methoxy groups -OCH3 is 1. The Morgan fingerprint density at radius 3 is 2.60 bits per heavy atom. The summed E-state index contributed by atoms with van der Waals surface area (Å²) in [5.41, 5.74) is 2.02. The minimum absolute atomic E-state index is 0.0504. The molecule has 1 heterocycles. The molecule has 1 amide bonds. The summed E-state index contributed by atoms with van der Waals surface area (Å²) >= 11 is 5.89. The number of esters is 1. The van der Waals surface area contributed by atoms with Gasteiger partial charge in [0.05, 0.1) is 12.8 Å². The number of aliphatic hydroxyl groups is 1. The van der Waals surface area contributed by atoms with Crippen LogP contribution in [0.1, 0.15) is 12.5 Å². The number of hydrogen-bond donors (Lipinski definition) is 2. The van der Waals surface area contributed by atoms with E-state index in [1.807, 2.05) is 0 Å². The lowest BCUT2D eigenvalue weighted by Crippen LogP contribution is -2.20.